The highest BCUT2D eigenvalue weighted by Crippen LogP contribution is 2.33. The molecule has 0 unspecified atom stereocenters. The number of thioether (sulfide) groups is 1. The van der Waals surface area contributed by atoms with Gasteiger partial charge < -0.3 is 19.4 Å². The molecule has 1 amide bonds. The smallest absolute Gasteiger partial charge is 0.230 e. The molecule has 0 aliphatic heterocycles. The van der Waals surface area contributed by atoms with E-state index in [-0.39, 0.29) is 11.7 Å². The highest BCUT2D eigenvalue weighted by molar-refractivity contribution is 7.99. The summed E-state index contributed by atoms with van der Waals surface area (Å²) in [6, 6.07) is 5.61. The van der Waals surface area contributed by atoms with Gasteiger partial charge in [0, 0.05) is 19.0 Å². The molecule has 1 aliphatic carbocycles. The van der Waals surface area contributed by atoms with E-state index in [0.29, 0.717) is 30.5 Å². The van der Waals surface area contributed by atoms with Crippen molar-refractivity contribution in [1.29, 1.82) is 0 Å². The van der Waals surface area contributed by atoms with Crippen molar-refractivity contribution in [2.75, 3.05) is 20.0 Å². The molecule has 0 radical (unpaired) electrons. The molecule has 1 heterocycles. The van der Waals surface area contributed by atoms with Crippen molar-refractivity contribution in [3.8, 4) is 11.5 Å². The van der Waals surface area contributed by atoms with Gasteiger partial charge in [-0.15, -0.1) is 16.8 Å². The van der Waals surface area contributed by atoms with E-state index >= 15 is 0 Å². The zero-order valence-electron chi connectivity index (χ0n) is 17.7. The lowest BCUT2D eigenvalue weighted by molar-refractivity contribution is -0.118. The molecule has 0 spiro atoms. The highest BCUT2D eigenvalue weighted by atomic mass is 32.2. The minimum atomic E-state index is -0.0536. The van der Waals surface area contributed by atoms with Crippen molar-refractivity contribution in [3.05, 3.63) is 42.2 Å². The van der Waals surface area contributed by atoms with Crippen LogP contribution in [-0.4, -0.2) is 40.6 Å². The maximum absolute atomic E-state index is 12.4. The molecule has 162 valence electrons. The Morgan fingerprint density at radius 3 is 2.70 bits per heavy atom. The normalized spacial score (nSPS) is 14.3. The molecule has 1 N–H and O–H groups in total. The minimum Gasteiger partial charge on any atom is -0.493 e. The molecule has 0 saturated heterocycles. The lowest BCUT2D eigenvalue weighted by Gasteiger charge is -2.21. The first kappa shape index (κ1) is 22.2. The second-order valence-electron chi connectivity index (χ2n) is 7.33. The summed E-state index contributed by atoms with van der Waals surface area (Å²) in [5, 5.41) is 12.5. The molecule has 1 aliphatic rings. The van der Waals surface area contributed by atoms with Crippen molar-refractivity contribution in [3.63, 3.8) is 0 Å². The van der Waals surface area contributed by atoms with E-state index in [4.69, 9.17) is 9.47 Å². The molecular weight excluding hydrogens is 400 g/mol. The van der Waals surface area contributed by atoms with E-state index in [1.54, 1.807) is 14.2 Å². The summed E-state index contributed by atoms with van der Waals surface area (Å²) in [4.78, 5) is 12.4. The molecule has 1 aromatic carbocycles. The molecule has 0 atom stereocenters. The Kier molecular flexibility index (Phi) is 8.19. The summed E-state index contributed by atoms with van der Waals surface area (Å²) in [5.41, 5.74) is 0.945. The van der Waals surface area contributed by atoms with Crippen LogP contribution in [0.5, 0.6) is 11.5 Å². The number of aromatic nitrogens is 3. The number of rotatable bonds is 10. The highest BCUT2D eigenvalue weighted by Gasteiger charge is 2.23. The lowest BCUT2D eigenvalue weighted by Crippen LogP contribution is -2.24. The van der Waals surface area contributed by atoms with Gasteiger partial charge >= 0.3 is 0 Å². The number of carbonyl (C=O) groups is 1. The van der Waals surface area contributed by atoms with Crippen molar-refractivity contribution in [2.24, 2.45) is 0 Å². The van der Waals surface area contributed by atoms with E-state index in [1.807, 2.05) is 24.3 Å². The molecule has 8 heteroatoms. The van der Waals surface area contributed by atoms with Gasteiger partial charge in [0.1, 0.15) is 5.82 Å². The van der Waals surface area contributed by atoms with E-state index in [2.05, 4.69) is 26.7 Å². The summed E-state index contributed by atoms with van der Waals surface area (Å²) in [6.45, 7) is 4.95. The molecule has 1 saturated carbocycles. The predicted octanol–water partition coefficient (Wildman–Crippen LogP) is 3.94. The fourth-order valence-corrected chi connectivity index (χ4v) is 4.53. The second-order valence-corrected chi connectivity index (χ2v) is 8.27. The number of nitrogens with one attached hydrogen (secondary N) is 1. The summed E-state index contributed by atoms with van der Waals surface area (Å²) in [7, 11) is 3.19. The van der Waals surface area contributed by atoms with Crippen molar-refractivity contribution in [1.82, 2.24) is 20.1 Å². The Hall–Kier alpha value is -2.48. The molecule has 1 aromatic heterocycles. The largest absolute Gasteiger partial charge is 0.493 e. The second kappa shape index (κ2) is 11.1. The van der Waals surface area contributed by atoms with Crippen LogP contribution >= 0.6 is 11.8 Å². The van der Waals surface area contributed by atoms with Gasteiger partial charge in [0.25, 0.3) is 0 Å². The van der Waals surface area contributed by atoms with Gasteiger partial charge in [-0.3, -0.25) is 4.79 Å². The van der Waals surface area contributed by atoms with Gasteiger partial charge in [-0.05, 0) is 30.5 Å². The third-order valence-corrected chi connectivity index (χ3v) is 6.26. The maximum atomic E-state index is 12.4. The van der Waals surface area contributed by atoms with Gasteiger partial charge in [-0.2, -0.15) is 0 Å². The average molecular weight is 431 g/mol. The van der Waals surface area contributed by atoms with E-state index in [0.717, 1.165) is 29.4 Å². The van der Waals surface area contributed by atoms with Gasteiger partial charge in [-0.1, -0.05) is 43.2 Å². The zero-order chi connectivity index (χ0) is 21.3. The van der Waals surface area contributed by atoms with E-state index in [9.17, 15) is 4.79 Å². The fraction of sp³-hybridized carbons (Fsp3) is 0.500. The van der Waals surface area contributed by atoms with E-state index in [1.165, 1.54) is 31.0 Å². The average Bonchev–Trinajstić information content (AvgIpc) is 3.19. The summed E-state index contributed by atoms with van der Waals surface area (Å²) < 4.78 is 12.7. The Labute approximate surface area is 182 Å². The first-order valence-corrected chi connectivity index (χ1v) is 11.3. The molecule has 2 aromatic rings. The molecule has 1 fully saturated rings. The molecule has 3 rings (SSSR count). The number of ether oxygens (including phenoxy) is 2. The first-order valence-electron chi connectivity index (χ1n) is 10.3. The Morgan fingerprint density at radius 2 is 2.00 bits per heavy atom. The summed E-state index contributed by atoms with van der Waals surface area (Å²) in [6.07, 6.45) is 7.96. The fourth-order valence-electron chi connectivity index (χ4n) is 3.74. The lowest BCUT2D eigenvalue weighted by atomic mass is 9.89. The number of carbonyl (C=O) groups excluding carboxylic acids is 1. The minimum absolute atomic E-state index is 0.0536. The number of hydrogen-bond acceptors (Lipinski definition) is 6. The number of allylic oxidation sites excluding steroid dienone is 1. The topological polar surface area (TPSA) is 78.3 Å². The number of benzene rings is 1. The Balaban J connectivity index is 1.56. The third kappa shape index (κ3) is 5.56. The van der Waals surface area contributed by atoms with Crippen LogP contribution in [0.1, 0.15) is 49.4 Å². The number of hydrogen-bond donors (Lipinski definition) is 1. The van der Waals surface area contributed by atoms with E-state index < -0.39 is 0 Å². The van der Waals surface area contributed by atoms with Gasteiger partial charge in [-0.25, -0.2) is 0 Å². The van der Waals surface area contributed by atoms with Crippen molar-refractivity contribution >= 4 is 17.7 Å². The van der Waals surface area contributed by atoms with Crippen LogP contribution in [0.25, 0.3) is 0 Å². The van der Waals surface area contributed by atoms with Crippen LogP contribution in [0.15, 0.2) is 36.0 Å². The van der Waals surface area contributed by atoms with Crippen LogP contribution < -0.4 is 14.8 Å². The Morgan fingerprint density at radius 1 is 1.23 bits per heavy atom. The number of amides is 1. The maximum Gasteiger partial charge on any atom is 0.230 e. The van der Waals surface area contributed by atoms with Gasteiger partial charge in [0.2, 0.25) is 5.91 Å². The van der Waals surface area contributed by atoms with Gasteiger partial charge in [0.15, 0.2) is 16.7 Å². The predicted molar refractivity (Wildman–Crippen MR) is 118 cm³/mol. The van der Waals surface area contributed by atoms with Crippen molar-refractivity contribution < 1.29 is 14.3 Å². The van der Waals surface area contributed by atoms with Crippen LogP contribution in [-0.2, 0) is 17.9 Å². The molecule has 30 heavy (non-hydrogen) atoms. The first-order chi connectivity index (χ1) is 14.7. The van der Waals surface area contributed by atoms with Crippen molar-refractivity contribution in [2.45, 2.75) is 56.3 Å². The van der Waals surface area contributed by atoms with Crippen LogP contribution in [0.2, 0.25) is 0 Å². The van der Waals surface area contributed by atoms with Gasteiger partial charge in [0.05, 0.1) is 20.0 Å². The molecular formula is C22H30N4O3S. The standard InChI is InChI=1S/C22H30N4O3S/c1-4-12-26-21(17-8-6-5-7-9-17)24-25-22(26)30-15-20(27)23-14-16-10-11-18(28-2)19(13-16)29-3/h4,10-11,13,17H,1,5-9,12,14-15H2,2-3H3,(H,23,27). The molecule has 7 nitrogen and oxygen atoms in total. The van der Waals surface area contributed by atoms with Crippen LogP contribution in [0, 0.1) is 0 Å². The number of methoxy groups -OCH3 is 2. The summed E-state index contributed by atoms with van der Waals surface area (Å²) in [5.74, 6) is 3.03. The van der Waals surface area contributed by atoms with Crippen LogP contribution in [0.4, 0.5) is 0 Å². The quantitative estimate of drug-likeness (QED) is 0.454. The third-order valence-electron chi connectivity index (χ3n) is 5.30. The zero-order valence-corrected chi connectivity index (χ0v) is 18.5. The summed E-state index contributed by atoms with van der Waals surface area (Å²) >= 11 is 1.41. The molecule has 0 bridgehead atoms. The van der Waals surface area contributed by atoms with Crippen LogP contribution in [0.3, 0.4) is 0 Å². The SMILES string of the molecule is C=CCn1c(SCC(=O)NCc2ccc(OC)c(OC)c2)nnc1C1CCCCC1. The monoisotopic (exact) mass is 430 g/mol. The number of nitrogens with zero attached hydrogens (tertiary/aromatic N) is 3. The Bertz CT molecular complexity index is 862.